The number of aromatic nitrogens is 2. The Hall–Kier alpha value is -3.21. The number of morpholine rings is 1. The molecule has 190 valence electrons. The minimum absolute atomic E-state index is 0.0454. The van der Waals surface area contributed by atoms with Crippen LogP contribution in [0.15, 0.2) is 54.9 Å². The molecular weight excluding hydrogens is 495 g/mol. The van der Waals surface area contributed by atoms with Crippen molar-refractivity contribution in [2.45, 2.75) is 18.8 Å². The maximum atomic E-state index is 14.2. The maximum absolute atomic E-state index is 14.2. The number of amides is 1. The van der Waals surface area contributed by atoms with Crippen molar-refractivity contribution >= 4 is 45.6 Å². The fraction of sp³-hybridized carbons (Fsp3) is 0.320. The van der Waals surface area contributed by atoms with Gasteiger partial charge in [0.15, 0.2) is 0 Å². The molecular formula is C25H25ClF3N5O2. The summed E-state index contributed by atoms with van der Waals surface area (Å²) in [7, 11) is 0. The molecule has 0 radical (unpaired) electrons. The van der Waals surface area contributed by atoms with Crippen molar-refractivity contribution in [1.82, 2.24) is 14.9 Å². The third-order valence-electron chi connectivity index (χ3n) is 5.65. The maximum Gasteiger partial charge on any atom is 0.267 e. The van der Waals surface area contributed by atoms with Gasteiger partial charge in [-0.25, -0.2) is 23.1 Å². The van der Waals surface area contributed by atoms with Gasteiger partial charge in [0.1, 0.15) is 18.0 Å². The molecule has 2 N–H and O–H groups in total. The summed E-state index contributed by atoms with van der Waals surface area (Å²) in [6.45, 7) is 3.30. The lowest BCUT2D eigenvalue weighted by molar-refractivity contribution is -0.112. The number of hydrogen-bond donors (Lipinski definition) is 2. The van der Waals surface area contributed by atoms with Gasteiger partial charge in [0, 0.05) is 42.3 Å². The predicted molar refractivity (Wildman–Crippen MR) is 133 cm³/mol. The van der Waals surface area contributed by atoms with E-state index < -0.39 is 17.6 Å². The van der Waals surface area contributed by atoms with E-state index in [0.29, 0.717) is 60.4 Å². The number of allylic oxidation sites excluding steroid dienone is 1. The van der Waals surface area contributed by atoms with Gasteiger partial charge in [-0.2, -0.15) is 0 Å². The number of anilines is 3. The van der Waals surface area contributed by atoms with Crippen LogP contribution in [0.2, 0.25) is 5.02 Å². The van der Waals surface area contributed by atoms with E-state index in [0.717, 1.165) is 19.2 Å². The Kier molecular flexibility index (Phi) is 8.40. The van der Waals surface area contributed by atoms with Crippen molar-refractivity contribution in [3.8, 4) is 0 Å². The lowest BCUT2D eigenvalue weighted by atomic mass is 10.1. The average molecular weight is 520 g/mol. The zero-order valence-corrected chi connectivity index (χ0v) is 20.1. The molecule has 0 aliphatic carbocycles. The summed E-state index contributed by atoms with van der Waals surface area (Å²) >= 11 is 5.84. The molecule has 1 aromatic heterocycles. The average Bonchev–Trinajstić information content (AvgIpc) is 2.86. The Bertz CT molecular complexity index is 1250. The van der Waals surface area contributed by atoms with E-state index in [2.05, 4.69) is 25.5 Å². The third kappa shape index (κ3) is 7.16. The molecule has 1 saturated heterocycles. The summed E-state index contributed by atoms with van der Waals surface area (Å²) in [4.78, 5) is 22.8. The van der Waals surface area contributed by atoms with Gasteiger partial charge in [-0.1, -0.05) is 11.6 Å². The summed E-state index contributed by atoms with van der Waals surface area (Å²) in [5, 5.41) is 6.15. The molecule has 0 saturated carbocycles. The topological polar surface area (TPSA) is 79.4 Å². The smallest absolute Gasteiger partial charge is 0.267 e. The van der Waals surface area contributed by atoms with Crippen molar-refractivity contribution in [2.24, 2.45) is 0 Å². The molecule has 0 bridgehead atoms. The number of carbonyl (C=O) groups excluding carboxylic acids is 1. The lowest BCUT2D eigenvalue weighted by Crippen LogP contribution is -2.37. The Morgan fingerprint density at radius 1 is 1.14 bits per heavy atom. The second-order valence-corrected chi connectivity index (χ2v) is 8.76. The van der Waals surface area contributed by atoms with Gasteiger partial charge in [-0.05, 0) is 55.4 Å². The number of alkyl halides is 2. The van der Waals surface area contributed by atoms with Crippen LogP contribution in [0.25, 0.3) is 10.9 Å². The van der Waals surface area contributed by atoms with Gasteiger partial charge < -0.3 is 15.4 Å². The van der Waals surface area contributed by atoms with Gasteiger partial charge in [-0.3, -0.25) is 9.69 Å². The van der Waals surface area contributed by atoms with E-state index in [1.807, 2.05) is 0 Å². The number of fused-ring (bicyclic) bond motifs is 1. The van der Waals surface area contributed by atoms with E-state index in [1.165, 1.54) is 24.5 Å². The van der Waals surface area contributed by atoms with Gasteiger partial charge >= 0.3 is 0 Å². The van der Waals surface area contributed by atoms with E-state index in [9.17, 15) is 18.0 Å². The molecule has 1 amide bonds. The predicted octanol–water partition coefficient (Wildman–Crippen LogP) is 5.41. The van der Waals surface area contributed by atoms with Crippen molar-refractivity contribution in [1.29, 1.82) is 0 Å². The first-order valence-corrected chi connectivity index (χ1v) is 11.8. The molecule has 4 rings (SSSR count). The molecule has 1 aliphatic heterocycles. The third-order valence-corrected chi connectivity index (χ3v) is 5.94. The number of carbonyl (C=O) groups is 1. The quantitative estimate of drug-likeness (QED) is 0.368. The summed E-state index contributed by atoms with van der Waals surface area (Å²) in [5.41, 5.74) is 1.47. The zero-order valence-electron chi connectivity index (χ0n) is 19.3. The molecule has 1 fully saturated rings. The van der Waals surface area contributed by atoms with E-state index in [1.54, 1.807) is 18.2 Å². The molecule has 7 nitrogen and oxygen atoms in total. The van der Waals surface area contributed by atoms with Crippen LogP contribution in [0.5, 0.6) is 0 Å². The van der Waals surface area contributed by atoms with E-state index >= 15 is 0 Å². The highest BCUT2D eigenvalue weighted by Crippen LogP contribution is 2.28. The molecule has 11 heteroatoms. The van der Waals surface area contributed by atoms with Gasteiger partial charge in [0.25, 0.3) is 5.92 Å². The van der Waals surface area contributed by atoms with Crippen molar-refractivity contribution in [3.05, 3.63) is 65.7 Å². The standard InChI is InChI=1S/C25H25ClF3N5O2/c26-20-15-18(2-4-21(20)27)33-24-19-14-17(3-5-22(19)30-16-31-24)32-23(35)6-8-25(28,29)7-1-9-34-10-12-36-13-11-34/h2-6,8,14-16H,1,7,9-13H2,(H,32,35)(H,30,31,33). The normalized spacial score (nSPS) is 14.9. The Balaban J connectivity index is 1.38. The summed E-state index contributed by atoms with van der Waals surface area (Å²) in [5.74, 6) is -3.91. The van der Waals surface area contributed by atoms with Crippen LogP contribution in [-0.4, -0.2) is 59.5 Å². The molecule has 0 unspecified atom stereocenters. The van der Waals surface area contributed by atoms with Crippen LogP contribution < -0.4 is 10.6 Å². The molecule has 2 heterocycles. The summed E-state index contributed by atoms with van der Waals surface area (Å²) in [6, 6.07) is 9.05. The number of rotatable bonds is 9. The summed E-state index contributed by atoms with van der Waals surface area (Å²) < 4.78 is 47.2. The Morgan fingerprint density at radius 2 is 1.92 bits per heavy atom. The van der Waals surface area contributed by atoms with Crippen LogP contribution in [0.4, 0.5) is 30.4 Å². The number of nitrogens with zero attached hydrogens (tertiary/aromatic N) is 3. The van der Waals surface area contributed by atoms with Crippen molar-refractivity contribution < 1.29 is 22.7 Å². The number of benzene rings is 2. The number of hydrogen-bond acceptors (Lipinski definition) is 6. The number of halogens is 4. The zero-order chi connectivity index (χ0) is 25.5. The van der Waals surface area contributed by atoms with Crippen LogP contribution in [-0.2, 0) is 9.53 Å². The number of nitrogens with one attached hydrogen (secondary N) is 2. The fourth-order valence-electron chi connectivity index (χ4n) is 3.77. The lowest BCUT2D eigenvalue weighted by Gasteiger charge is -2.26. The van der Waals surface area contributed by atoms with Gasteiger partial charge in [-0.15, -0.1) is 0 Å². The first-order valence-electron chi connectivity index (χ1n) is 11.4. The molecule has 0 atom stereocenters. The second-order valence-electron chi connectivity index (χ2n) is 8.35. The molecule has 1 aliphatic rings. The highest BCUT2D eigenvalue weighted by atomic mass is 35.5. The Labute approximate surface area is 211 Å². The Morgan fingerprint density at radius 3 is 2.69 bits per heavy atom. The second kappa shape index (κ2) is 11.7. The van der Waals surface area contributed by atoms with Gasteiger partial charge in [0.2, 0.25) is 5.91 Å². The molecule has 2 aromatic carbocycles. The first-order chi connectivity index (χ1) is 17.3. The highest BCUT2D eigenvalue weighted by Gasteiger charge is 2.25. The van der Waals surface area contributed by atoms with E-state index in [4.69, 9.17) is 16.3 Å². The minimum atomic E-state index is -3.09. The molecule has 36 heavy (non-hydrogen) atoms. The molecule has 0 spiro atoms. The van der Waals surface area contributed by atoms with Crippen LogP contribution in [0.3, 0.4) is 0 Å². The summed E-state index contributed by atoms with van der Waals surface area (Å²) in [6.07, 6.45) is 2.82. The fourth-order valence-corrected chi connectivity index (χ4v) is 3.95. The SMILES string of the molecule is O=C(C=CC(F)(F)CCCN1CCOCC1)Nc1ccc2ncnc(Nc3ccc(F)c(Cl)c3)c2c1. The van der Waals surface area contributed by atoms with Gasteiger partial charge in [0.05, 0.1) is 23.8 Å². The largest absolute Gasteiger partial charge is 0.379 e. The highest BCUT2D eigenvalue weighted by molar-refractivity contribution is 6.31. The van der Waals surface area contributed by atoms with E-state index in [-0.39, 0.29) is 11.4 Å². The minimum Gasteiger partial charge on any atom is -0.379 e. The van der Waals surface area contributed by atoms with Crippen LogP contribution >= 0.6 is 11.6 Å². The molecule has 3 aromatic rings. The van der Waals surface area contributed by atoms with Crippen LogP contribution in [0.1, 0.15) is 12.8 Å². The monoisotopic (exact) mass is 519 g/mol. The van der Waals surface area contributed by atoms with Crippen molar-refractivity contribution in [3.63, 3.8) is 0 Å². The number of ether oxygens (including phenoxy) is 1. The van der Waals surface area contributed by atoms with Crippen LogP contribution in [0, 0.1) is 5.82 Å². The first kappa shape index (κ1) is 25.9. The van der Waals surface area contributed by atoms with Crippen molar-refractivity contribution in [2.75, 3.05) is 43.5 Å².